The molecule has 0 saturated carbocycles. The third kappa shape index (κ3) is 2.89. The Balaban J connectivity index is 2.33. The maximum atomic E-state index is 4.48. The normalized spacial score (nSPS) is 12.6. The quantitative estimate of drug-likeness (QED) is 0.749. The first kappa shape index (κ1) is 12.6. The second-order valence-corrected chi connectivity index (χ2v) is 5.55. The Hall–Kier alpha value is -0.840. The van der Waals surface area contributed by atoms with Gasteiger partial charge in [0.2, 0.25) is 0 Å². The lowest BCUT2D eigenvalue weighted by Crippen LogP contribution is -2.05. The molecule has 0 spiro atoms. The summed E-state index contributed by atoms with van der Waals surface area (Å²) in [5.41, 5.74) is 1.19. The van der Waals surface area contributed by atoms with Crippen LogP contribution in [-0.2, 0) is 0 Å². The largest absolute Gasteiger partial charge is 0.328 e. The molecule has 0 amide bonds. The van der Waals surface area contributed by atoms with Crippen LogP contribution >= 0.6 is 22.6 Å². The van der Waals surface area contributed by atoms with Crippen LogP contribution in [0.5, 0.6) is 0 Å². The van der Waals surface area contributed by atoms with Gasteiger partial charge < -0.3 is 4.57 Å². The van der Waals surface area contributed by atoms with E-state index >= 15 is 0 Å². The summed E-state index contributed by atoms with van der Waals surface area (Å²) in [4.78, 5) is 4.48. The van der Waals surface area contributed by atoms with E-state index in [1.807, 2.05) is 6.20 Å². The molecule has 0 fully saturated rings. The molecular weight excluding hydrogens is 323 g/mol. The molecule has 0 saturated heterocycles. The van der Waals surface area contributed by atoms with Gasteiger partial charge in [0.1, 0.15) is 5.82 Å². The number of imidazole rings is 1. The van der Waals surface area contributed by atoms with E-state index < -0.39 is 0 Å². The third-order valence-electron chi connectivity index (χ3n) is 2.95. The molecule has 2 nitrogen and oxygen atoms in total. The van der Waals surface area contributed by atoms with Gasteiger partial charge in [0.05, 0.1) is 0 Å². The zero-order valence-electron chi connectivity index (χ0n) is 10.2. The smallest absolute Gasteiger partial charge is 0.140 e. The first-order chi connectivity index (χ1) is 8.22. The molecule has 0 aliphatic heterocycles. The van der Waals surface area contributed by atoms with E-state index in [9.17, 15) is 0 Å². The first-order valence-electron chi connectivity index (χ1n) is 6.01. The highest BCUT2D eigenvalue weighted by molar-refractivity contribution is 14.1. The molecule has 0 N–H and O–H groups in total. The van der Waals surface area contributed by atoms with Crippen molar-refractivity contribution in [1.82, 2.24) is 9.55 Å². The van der Waals surface area contributed by atoms with Crippen LogP contribution < -0.4 is 0 Å². The SMILES string of the molecule is CCCC(C)n1ccnc1-c1ccc(I)cc1. The van der Waals surface area contributed by atoms with Crippen molar-refractivity contribution in [3.05, 3.63) is 40.2 Å². The second-order valence-electron chi connectivity index (χ2n) is 4.30. The van der Waals surface area contributed by atoms with Crippen LogP contribution in [0.2, 0.25) is 0 Å². The Kier molecular flexibility index (Phi) is 4.20. The van der Waals surface area contributed by atoms with Crippen LogP contribution in [0.25, 0.3) is 11.4 Å². The van der Waals surface area contributed by atoms with Crippen molar-refractivity contribution in [3.63, 3.8) is 0 Å². The van der Waals surface area contributed by atoms with Crippen molar-refractivity contribution < 1.29 is 0 Å². The fourth-order valence-corrected chi connectivity index (χ4v) is 2.41. The summed E-state index contributed by atoms with van der Waals surface area (Å²) in [7, 11) is 0. The Morgan fingerprint density at radius 2 is 2.00 bits per heavy atom. The van der Waals surface area contributed by atoms with Gasteiger partial charge in [-0.15, -0.1) is 0 Å². The fraction of sp³-hybridized carbons (Fsp3) is 0.357. The molecule has 1 unspecified atom stereocenters. The fourth-order valence-electron chi connectivity index (χ4n) is 2.05. The summed E-state index contributed by atoms with van der Waals surface area (Å²) in [6.07, 6.45) is 6.35. The van der Waals surface area contributed by atoms with Gasteiger partial charge >= 0.3 is 0 Å². The highest BCUT2D eigenvalue weighted by atomic mass is 127. The molecule has 0 aliphatic rings. The van der Waals surface area contributed by atoms with Gasteiger partial charge in [0, 0.05) is 27.6 Å². The summed E-state index contributed by atoms with van der Waals surface area (Å²) in [5, 5.41) is 0. The molecule has 17 heavy (non-hydrogen) atoms. The predicted molar refractivity (Wildman–Crippen MR) is 80.0 cm³/mol. The zero-order chi connectivity index (χ0) is 12.3. The summed E-state index contributed by atoms with van der Waals surface area (Å²) < 4.78 is 3.53. The van der Waals surface area contributed by atoms with E-state index in [0.717, 1.165) is 5.82 Å². The molecule has 1 heterocycles. The van der Waals surface area contributed by atoms with Gasteiger partial charge in [-0.25, -0.2) is 4.98 Å². The van der Waals surface area contributed by atoms with Crippen LogP contribution in [0.1, 0.15) is 32.7 Å². The van der Waals surface area contributed by atoms with Gasteiger partial charge in [0.15, 0.2) is 0 Å². The zero-order valence-corrected chi connectivity index (χ0v) is 12.4. The van der Waals surface area contributed by atoms with Crippen LogP contribution in [0.4, 0.5) is 0 Å². The molecule has 0 aliphatic carbocycles. The van der Waals surface area contributed by atoms with E-state index in [1.54, 1.807) is 0 Å². The monoisotopic (exact) mass is 340 g/mol. The minimum atomic E-state index is 0.511. The van der Waals surface area contributed by atoms with Crippen molar-refractivity contribution in [3.8, 4) is 11.4 Å². The van der Waals surface area contributed by atoms with E-state index in [0.29, 0.717) is 6.04 Å². The third-order valence-corrected chi connectivity index (χ3v) is 3.67. The molecule has 1 aromatic carbocycles. The van der Waals surface area contributed by atoms with Crippen LogP contribution in [0.15, 0.2) is 36.7 Å². The van der Waals surface area contributed by atoms with Crippen molar-refractivity contribution in [2.45, 2.75) is 32.7 Å². The van der Waals surface area contributed by atoms with Crippen molar-refractivity contribution in [2.24, 2.45) is 0 Å². The lowest BCUT2D eigenvalue weighted by atomic mass is 10.1. The van der Waals surface area contributed by atoms with Gasteiger partial charge in [-0.3, -0.25) is 0 Å². The van der Waals surface area contributed by atoms with Crippen LogP contribution in [-0.4, -0.2) is 9.55 Å². The average Bonchev–Trinajstić information content (AvgIpc) is 2.79. The predicted octanol–water partition coefficient (Wildman–Crippen LogP) is 4.52. The summed E-state index contributed by atoms with van der Waals surface area (Å²) in [6.45, 7) is 4.47. The van der Waals surface area contributed by atoms with Gasteiger partial charge in [0.25, 0.3) is 0 Å². The maximum absolute atomic E-state index is 4.48. The van der Waals surface area contributed by atoms with E-state index in [-0.39, 0.29) is 0 Å². The minimum Gasteiger partial charge on any atom is -0.328 e. The number of aromatic nitrogens is 2. The van der Waals surface area contributed by atoms with Crippen LogP contribution in [0.3, 0.4) is 0 Å². The Morgan fingerprint density at radius 1 is 1.29 bits per heavy atom. The Labute approximate surface area is 116 Å². The maximum Gasteiger partial charge on any atom is 0.140 e. The van der Waals surface area contributed by atoms with E-state index in [1.165, 1.54) is 22.0 Å². The molecule has 2 rings (SSSR count). The average molecular weight is 340 g/mol. The number of hydrogen-bond donors (Lipinski definition) is 0. The second kappa shape index (κ2) is 5.67. The highest BCUT2D eigenvalue weighted by Gasteiger charge is 2.10. The number of nitrogens with zero attached hydrogens (tertiary/aromatic N) is 2. The highest BCUT2D eigenvalue weighted by Crippen LogP contribution is 2.24. The summed E-state index contributed by atoms with van der Waals surface area (Å²) in [5.74, 6) is 1.07. The molecule has 1 aromatic heterocycles. The lowest BCUT2D eigenvalue weighted by Gasteiger charge is -2.15. The van der Waals surface area contributed by atoms with Crippen molar-refractivity contribution >= 4 is 22.6 Å². The number of rotatable bonds is 4. The van der Waals surface area contributed by atoms with Gasteiger partial charge in [-0.05, 0) is 48.1 Å². The first-order valence-corrected chi connectivity index (χ1v) is 7.09. The molecule has 0 bridgehead atoms. The van der Waals surface area contributed by atoms with Gasteiger partial charge in [-0.1, -0.05) is 25.5 Å². The number of halogens is 1. The van der Waals surface area contributed by atoms with Gasteiger partial charge in [-0.2, -0.15) is 0 Å². The molecular formula is C14H17IN2. The van der Waals surface area contributed by atoms with E-state index in [4.69, 9.17) is 0 Å². The molecule has 2 aromatic rings. The Bertz CT molecular complexity index is 473. The summed E-state index contributed by atoms with van der Waals surface area (Å²) >= 11 is 2.32. The Morgan fingerprint density at radius 3 is 2.65 bits per heavy atom. The standard InChI is InChI=1S/C14H17IN2/c1-3-4-11(2)17-10-9-16-14(17)12-5-7-13(15)8-6-12/h5-11H,3-4H2,1-2H3. The molecule has 1 atom stereocenters. The van der Waals surface area contributed by atoms with Crippen molar-refractivity contribution in [1.29, 1.82) is 0 Å². The molecule has 90 valence electrons. The van der Waals surface area contributed by atoms with Crippen molar-refractivity contribution in [2.75, 3.05) is 0 Å². The number of hydrogen-bond acceptors (Lipinski definition) is 1. The molecule has 0 radical (unpaired) electrons. The topological polar surface area (TPSA) is 17.8 Å². The minimum absolute atomic E-state index is 0.511. The lowest BCUT2D eigenvalue weighted by molar-refractivity contribution is 0.505. The van der Waals surface area contributed by atoms with Crippen LogP contribution in [0, 0.1) is 3.57 Å². The summed E-state index contributed by atoms with van der Waals surface area (Å²) in [6, 6.07) is 9.04. The van der Waals surface area contributed by atoms with E-state index in [2.05, 4.69) is 76.5 Å². The molecule has 3 heteroatoms. The number of benzene rings is 1.